The summed E-state index contributed by atoms with van der Waals surface area (Å²) in [4.78, 5) is 35.3. The number of esters is 1. The van der Waals surface area contributed by atoms with Gasteiger partial charge >= 0.3 is 5.97 Å². The van der Waals surface area contributed by atoms with Crippen molar-refractivity contribution in [2.75, 3.05) is 6.54 Å². The highest BCUT2D eigenvalue weighted by atomic mass is 16.6. The van der Waals surface area contributed by atoms with Gasteiger partial charge in [0.05, 0.1) is 5.39 Å². The average molecular weight is 289 g/mol. The average Bonchev–Trinajstić information content (AvgIpc) is 2.47. The molecule has 110 valence electrons. The third-order valence-electron chi connectivity index (χ3n) is 2.84. The highest BCUT2D eigenvalue weighted by Gasteiger charge is 2.20. The molecule has 1 N–H and O–H groups in total. The van der Waals surface area contributed by atoms with Gasteiger partial charge in [0.2, 0.25) is 5.76 Å². The first-order valence-corrected chi connectivity index (χ1v) is 6.54. The summed E-state index contributed by atoms with van der Waals surface area (Å²) in [5.74, 6) is -1.49. The van der Waals surface area contributed by atoms with Crippen LogP contribution in [0.15, 0.2) is 39.5 Å². The van der Waals surface area contributed by atoms with Crippen LogP contribution < -0.4 is 10.7 Å². The number of hydrogen-bond donors (Lipinski definition) is 1. The summed E-state index contributed by atoms with van der Waals surface area (Å²) in [5.41, 5.74) is -0.0444. The Bertz CT molecular complexity index is 734. The second-order valence-electron chi connectivity index (χ2n) is 4.41. The molecule has 2 aromatic rings. The predicted octanol–water partition coefficient (Wildman–Crippen LogP) is 1.47. The van der Waals surface area contributed by atoms with Gasteiger partial charge in [-0.25, -0.2) is 4.79 Å². The smallest absolute Gasteiger partial charge is 0.375 e. The van der Waals surface area contributed by atoms with Crippen LogP contribution in [0.1, 0.15) is 24.4 Å². The lowest BCUT2D eigenvalue weighted by atomic mass is 10.2. The lowest BCUT2D eigenvalue weighted by Crippen LogP contribution is -2.35. The van der Waals surface area contributed by atoms with Crippen molar-refractivity contribution in [3.05, 3.63) is 46.3 Å². The van der Waals surface area contributed by atoms with E-state index < -0.39 is 18.0 Å². The van der Waals surface area contributed by atoms with Gasteiger partial charge in [0, 0.05) is 12.6 Å². The maximum Gasteiger partial charge on any atom is 0.375 e. The normalized spacial score (nSPS) is 11.9. The van der Waals surface area contributed by atoms with Crippen molar-refractivity contribution in [2.24, 2.45) is 0 Å². The molecule has 0 fully saturated rings. The Hall–Kier alpha value is -2.63. The van der Waals surface area contributed by atoms with Crippen molar-refractivity contribution in [3.8, 4) is 0 Å². The van der Waals surface area contributed by atoms with Crippen LogP contribution in [0.5, 0.6) is 0 Å². The van der Waals surface area contributed by atoms with E-state index in [1.165, 1.54) is 6.92 Å². The summed E-state index contributed by atoms with van der Waals surface area (Å²) in [5, 5.41) is 2.92. The van der Waals surface area contributed by atoms with E-state index in [-0.39, 0.29) is 11.2 Å². The molecule has 1 amide bonds. The molecule has 6 heteroatoms. The van der Waals surface area contributed by atoms with Crippen molar-refractivity contribution in [1.29, 1.82) is 0 Å². The van der Waals surface area contributed by atoms with Gasteiger partial charge in [-0.1, -0.05) is 12.1 Å². The number of rotatable bonds is 4. The van der Waals surface area contributed by atoms with Crippen molar-refractivity contribution < 1.29 is 18.7 Å². The molecule has 0 aliphatic carbocycles. The Morgan fingerprint density at radius 2 is 2.05 bits per heavy atom. The SMILES string of the molecule is CCNC(=O)[C@@H](C)OC(=O)c1cc(=O)c2ccccc2o1. The van der Waals surface area contributed by atoms with E-state index in [1.54, 1.807) is 31.2 Å². The van der Waals surface area contributed by atoms with Crippen molar-refractivity contribution in [1.82, 2.24) is 5.32 Å². The summed E-state index contributed by atoms with van der Waals surface area (Å²) >= 11 is 0. The molecule has 0 aliphatic rings. The molecule has 6 nitrogen and oxygen atoms in total. The summed E-state index contributed by atoms with van der Waals surface area (Å²) < 4.78 is 10.3. The van der Waals surface area contributed by atoms with E-state index in [1.807, 2.05) is 0 Å². The maximum absolute atomic E-state index is 11.9. The molecule has 2 rings (SSSR count). The fourth-order valence-corrected chi connectivity index (χ4v) is 1.79. The van der Waals surface area contributed by atoms with Gasteiger partial charge in [-0.05, 0) is 26.0 Å². The molecule has 21 heavy (non-hydrogen) atoms. The summed E-state index contributed by atoms with van der Waals surface area (Å²) in [6.07, 6.45) is -0.964. The van der Waals surface area contributed by atoms with Crippen molar-refractivity contribution in [3.63, 3.8) is 0 Å². The van der Waals surface area contributed by atoms with E-state index >= 15 is 0 Å². The molecule has 1 aromatic heterocycles. The lowest BCUT2D eigenvalue weighted by Gasteiger charge is -2.12. The first-order valence-electron chi connectivity index (χ1n) is 6.54. The molecule has 0 saturated heterocycles. The van der Waals surface area contributed by atoms with Crippen molar-refractivity contribution in [2.45, 2.75) is 20.0 Å². The van der Waals surface area contributed by atoms with Crippen LogP contribution in [-0.2, 0) is 9.53 Å². The summed E-state index contributed by atoms with van der Waals surface area (Å²) in [6.45, 7) is 3.64. The number of fused-ring (bicyclic) bond motifs is 1. The van der Waals surface area contributed by atoms with E-state index in [9.17, 15) is 14.4 Å². The van der Waals surface area contributed by atoms with Gasteiger partial charge in [-0.3, -0.25) is 9.59 Å². The number of benzene rings is 1. The Morgan fingerprint density at radius 1 is 1.33 bits per heavy atom. The minimum absolute atomic E-state index is 0.227. The Labute approximate surface area is 120 Å². The number of nitrogens with one attached hydrogen (secondary N) is 1. The molecular formula is C15H15NO5. The number of carbonyl (C=O) groups is 2. The molecule has 1 heterocycles. The monoisotopic (exact) mass is 289 g/mol. The minimum Gasteiger partial charge on any atom is -0.449 e. The van der Waals surface area contributed by atoms with Gasteiger partial charge in [-0.2, -0.15) is 0 Å². The third-order valence-corrected chi connectivity index (χ3v) is 2.84. The fraction of sp³-hybridized carbons (Fsp3) is 0.267. The second-order valence-corrected chi connectivity index (χ2v) is 4.41. The third kappa shape index (κ3) is 3.28. The van der Waals surface area contributed by atoms with Crippen LogP contribution >= 0.6 is 0 Å². The zero-order chi connectivity index (χ0) is 15.4. The second kappa shape index (κ2) is 6.21. The molecule has 0 saturated carbocycles. The highest BCUT2D eigenvalue weighted by Crippen LogP contribution is 2.13. The van der Waals surface area contributed by atoms with Crippen LogP contribution in [0.25, 0.3) is 11.0 Å². The van der Waals surface area contributed by atoms with E-state index in [0.717, 1.165) is 6.07 Å². The van der Waals surface area contributed by atoms with Crippen LogP contribution in [0.2, 0.25) is 0 Å². The Kier molecular flexibility index (Phi) is 4.37. The number of hydrogen-bond acceptors (Lipinski definition) is 5. The zero-order valence-corrected chi connectivity index (χ0v) is 11.7. The maximum atomic E-state index is 11.9. The van der Waals surface area contributed by atoms with Gasteiger partial charge in [0.1, 0.15) is 5.58 Å². The first kappa shape index (κ1) is 14.8. The van der Waals surface area contributed by atoms with Crippen LogP contribution in [0.4, 0.5) is 0 Å². The van der Waals surface area contributed by atoms with E-state index in [4.69, 9.17) is 9.15 Å². The molecule has 1 aromatic carbocycles. The van der Waals surface area contributed by atoms with Gasteiger partial charge < -0.3 is 14.5 Å². The fourth-order valence-electron chi connectivity index (χ4n) is 1.79. The van der Waals surface area contributed by atoms with Crippen LogP contribution in [0.3, 0.4) is 0 Å². The molecular weight excluding hydrogens is 274 g/mol. The number of carbonyl (C=O) groups excluding carboxylic acids is 2. The standard InChI is InChI=1S/C15H15NO5/c1-3-16-14(18)9(2)20-15(19)13-8-11(17)10-6-4-5-7-12(10)21-13/h4-9H,3H2,1-2H3,(H,16,18)/t9-/m1/s1. The Balaban J connectivity index is 2.24. The summed E-state index contributed by atoms with van der Waals surface area (Å²) in [7, 11) is 0. The Morgan fingerprint density at radius 3 is 2.76 bits per heavy atom. The van der Waals surface area contributed by atoms with Gasteiger partial charge in [0.15, 0.2) is 11.5 Å². The van der Waals surface area contributed by atoms with Crippen LogP contribution in [-0.4, -0.2) is 24.5 Å². The molecule has 0 bridgehead atoms. The molecule has 1 atom stereocenters. The molecule has 0 radical (unpaired) electrons. The lowest BCUT2D eigenvalue weighted by molar-refractivity contribution is -0.129. The molecule has 0 aliphatic heterocycles. The molecule has 0 spiro atoms. The quantitative estimate of drug-likeness (QED) is 0.861. The number of ether oxygens (including phenoxy) is 1. The highest BCUT2D eigenvalue weighted by molar-refractivity contribution is 5.91. The van der Waals surface area contributed by atoms with Crippen molar-refractivity contribution >= 4 is 22.8 Å². The largest absolute Gasteiger partial charge is 0.449 e. The summed E-state index contributed by atoms with van der Waals surface area (Å²) in [6, 6.07) is 7.65. The number of likely N-dealkylation sites (N-methyl/N-ethyl adjacent to an activating group) is 1. The van der Waals surface area contributed by atoms with E-state index in [2.05, 4.69) is 5.32 Å². The first-order chi connectivity index (χ1) is 10.0. The van der Waals surface area contributed by atoms with Crippen LogP contribution in [0, 0.1) is 0 Å². The minimum atomic E-state index is -0.964. The number of para-hydroxylation sites is 1. The topological polar surface area (TPSA) is 85.6 Å². The van der Waals surface area contributed by atoms with E-state index in [0.29, 0.717) is 17.5 Å². The van der Waals surface area contributed by atoms with Gasteiger partial charge in [-0.15, -0.1) is 0 Å². The number of amides is 1. The predicted molar refractivity (Wildman–Crippen MR) is 76.0 cm³/mol. The van der Waals surface area contributed by atoms with Gasteiger partial charge in [0.25, 0.3) is 5.91 Å². The molecule has 0 unspecified atom stereocenters. The zero-order valence-electron chi connectivity index (χ0n) is 11.7.